The summed E-state index contributed by atoms with van der Waals surface area (Å²) >= 11 is 0. The van der Waals surface area contributed by atoms with Crippen molar-refractivity contribution in [2.75, 3.05) is 13.2 Å². The fraction of sp³-hybridized carbons (Fsp3) is 0.875. The number of hydrogen-bond acceptors (Lipinski definition) is 6. The zero-order valence-electron chi connectivity index (χ0n) is 30.6. The molecule has 1 atom stereocenters. The van der Waals surface area contributed by atoms with Crippen LogP contribution in [0.2, 0.25) is 0 Å². The Morgan fingerprint density at radius 1 is 0.413 bits per heavy atom. The monoisotopic (exact) mass is 651 g/mol. The summed E-state index contributed by atoms with van der Waals surface area (Å²) in [4.78, 5) is 37.3. The molecule has 270 valence electrons. The smallest absolute Gasteiger partial charge is 0.306 e. The molecule has 0 amide bonds. The van der Waals surface area contributed by atoms with E-state index in [0.717, 1.165) is 77.0 Å². The van der Waals surface area contributed by atoms with Gasteiger partial charge in [-0.1, -0.05) is 161 Å². The van der Waals surface area contributed by atoms with Crippen LogP contribution in [0.3, 0.4) is 0 Å². The molecule has 0 aromatic rings. The lowest BCUT2D eigenvalue weighted by Gasteiger charge is -2.18. The quantitative estimate of drug-likeness (QED) is 0.0294. The van der Waals surface area contributed by atoms with Crippen LogP contribution in [-0.4, -0.2) is 37.2 Å². The number of allylic oxidation sites excluding steroid dienone is 2. The summed E-state index contributed by atoms with van der Waals surface area (Å²) in [6, 6.07) is 0. The topological polar surface area (TPSA) is 78.9 Å². The Labute approximate surface area is 284 Å². The minimum absolute atomic E-state index is 0.0706. The number of rotatable bonds is 35. The lowest BCUT2D eigenvalue weighted by Crippen LogP contribution is -2.30. The Balaban J connectivity index is 4.37. The largest absolute Gasteiger partial charge is 0.462 e. The fourth-order valence-electron chi connectivity index (χ4n) is 5.48. The second-order valence-electron chi connectivity index (χ2n) is 13.2. The van der Waals surface area contributed by atoms with Gasteiger partial charge in [0.15, 0.2) is 6.10 Å². The van der Waals surface area contributed by atoms with E-state index in [1.54, 1.807) is 0 Å². The van der Waals surface area contributed by atoms with Crippen molar-refractivity contribution in [2.45, 2.75) is 213 Å². The maximum absolute atomic E-state index is 12.6. The lowest BCUT2D eigenvalue weighted by molar-refractivity contribution is -0.167. The number of ether oxygens (including phenoxy) is 3. The van der Waals surface area contributed by atoms with E-state index >= 15 is 0 Å². The highest BCUT2D eigenvalue weighted by molar-refractivity contribution is 5.71. The van der Waals surface area contributed by atoms with Crippen LogP contribution in [0, 0.1) is 0 Å². The normalized spacial score (nSPS) is 12.0. The Kier molecular flexibility index (Phi) is 34.5. The van der Waals surface area contributed by atoms with Crippen LogP contribution in [-0.2, 0) is 28.6 Å². The highest BCUT2D eigenvalue weighted by Gasteiger charge is 2.19. The van der Waals surface area contributed by atoms with Crippen LogP contribution in [0.15, 0.2) is 12.2 Å². The molecule has 6 nitrogen and oxygen atoms in total. The molecule has 0 fully saturated rings. The molecular weight excluding hydrogens is 576 g/mol. The third-order valence-electron chi connectivity index (χ3n) is 8.52. The van der Waals surface area contributed by atoms with Crippen LogP contribution in [0.1, 0.15) is 207 Å². The first kappa shape index (κ1) is 44.1. The number of unbranched alkanes of at least 4 members (excludes halogenated alkanes) is 22. The SMILES string of the molecule is CCCC/C=C\CCCCCCC(=O)OCC(COC(=O)CCCCCCCCCCC)OC(=O)CCCCCCCCCCC. The van der Waals surface area contributed by atoms with Gasteiger partial charge in [0, 0.05) is 19.3 Å². The maximum Gasteiger partial charge on any atom is 0.306 e. The van der Waals surface area contributed by atoms with Gasteiger partial charge in [-0.15, -0.1) is 0 Å². The van der Waals surface area contributed by atoms with Gasteiger partial charge in [0.05, 0.1) is 0 Å². The molecule has 0 aliphatic carbocycles. The first-order chi connectivity index (χ1) is 22.5. The summed E-state index contributed by atoms with van der Waals surface area (Å²) in [6.45, 7) is 6.53. The van der Waals surface area contributed by atoms with Gasteiger partial charge in [0.2, 0.25) is 0 Å². The maximum atomic E-state index is 12.6. The minimum atomic E-state index is -0.762. The van der Waals surface area contributed by atoms with Crippen molar-refractivity contribution in [3.8, 4) is 0 Å². The fourth-order valence-corrected chi connectivity index (χ4v) is 5.48. The Morgan fingerprint density at radius 3 is 1.15 bits per heavy atom. The van der Waals surface area contributed by atoms with E-state index in [4.69, 9.17) is 14.2 Å². The summed E-state index contributed by atoms with van der Waals surface area (Å²) in [5.41, 5.74) is 0. The average Bonchev–Trinajstić information content (AvgIpc) is 3.05. The molecule has 6 heteroatoms. The first-order valence-corrected chi connectivity index (χ1v) is 19.7. The number of carbonyl (C=O) groups excluding carboxylic acids is 3. The Morgan fingerprint density at radius 2 is 0.739 bits per heavy atom. The van der Waals surface area contributed by atoms with Crippen molar-refractivity contribution < 1.29 is 28.6 Å². The summed E-state index contributed by atoms with van der Waals surface area (Å²) in [5, 5.41) is 0. The van der Waals surface area contributed by atoms with Gasteiger partial charge in [0.25, 0.3) is 0 Å². The van der Waals surface area contributed by atoms with Crippen molar-refractivity contribution in [3.63, 3.8) is 0 Å². The van der Waals surface area contributed by atoms with E-state index in [-0.39, 0.29) is 31.1 Å². The van der Waals surface area contributed by atoms with E-state index in [9.17, 15) is 14.4 Å². The van der Waals surface area contributed by atoms with Crippen molar-refractivity contribution in [1.82, 2.24) is 0 Å². The molecular formula is C40H74O6. The van der Waals surface area contributed by atoms with E-state index in [1.807, 2.05) is 0 Å². The molecule has 0 aromatic heterocycles. The van der Waals surface area contributed by atoms with Crippen molar-refractivity contribution in [2.24, 2.45) is 0 Å². The third kappa shape index (κ3) is 33.5. The van der Waals surface area contributed by atoms with Gasteiger partial charge in [-0.25, -0.2) is 0 Å². The molecule has 0 rings (SSSR count). The van der Waals surface area contributed by atoms with E-state index in [2.05, 4.69) is 32.9 Å². The Hall–Kier alpha value is -1.85. The molecule has 0 aromatic carbocycles. The first-order valence-electron chi connectivity index (χ1n) is 19.7. The molecule has 46 heavy (non-hydrogen) atoms. The minimum Gasteiger partial charge on any atom is -0.462 e. The van der Waals surface area contributed by atoms with Crippen LogP contribution in [0.5, 0.6) is 0 Å². The van der Waals surface area contributed by atoms with Gasteiger partial charge in [-0.2, -0.15) is 0 Å². The van der Waals surface area contributed by atoms with Gasteiger partial charge < -0.3 is 14.2 Å². The summed E-state index contributed by atoms with van der Waals surface area (Å²) in [7, 11) is 0. The molecule has 0 saturated carbocycles. The van der Waals surface area contributed by atoms with Crippen LogP contribution < -0.4 is 0 Å². The van der Waals surface area contributed by atoms with Gasteiger partial charge in [-0.05, 0) is 38.5 Å². The molecule has 0 radical (unpaired) electrons. The molecule has 0 bridgehead atoms. The lowest BCUT2D eigenvalue weighted by atomic mass is 10.1. The Bertz CT molecular complexity index is 719. The molecule has 0 N–H and O–H groups in total. The number of carbonyl (C=O) groups is 3. The molecule has 0 heterocycles. The zero-order chi connectivity index (χ0) is 33.8. The molecule has 0 aliphatic heterocycles. The summed E-state index contributed by atoms with van der Waals surface area (Å²) in [5.74, 6) is -0.891. The van der Waals surface area contributed by atoms with Crippen LogP contribution in [0.4, 0.5) is 0 Å². The highest BCUT2D eigenvalue weighted by Crippen LogP contribution is 2.14. The predicted molar refractivity (Wildman–Crippen MR) is 192 cm³/mol. The van der Waals surface area contributed by atoms with Crippen LogP contribution in [0.25, 0.3) is 0 Å². The van der Waals surface area contributed by atoms with Crippen molar-refractivity contribution in [1.29, 1.82) is 0 Å². The summed E-state index contributed by atoms with van der Waals surface area (Å²) in [6.07, 6.45) is 34.8. The van der Waals surface area contributed by atoms with E-state index in [0.29, 0.717) is 19.3 Å². The highest BCUT2D eigenvalue weighted by atomic mass is 16.6. The molecule has 0 spiro atoms. The average molecular weight is 651 g/mol. The van der Waals surface area contributed by atoms with E-state index in [1.165, 1.54) is 89.9 Å². The third-order valence-corrected chi connectivity index (χ3v) is 8.52. The summed E-state index contributed by atoms with van der Waals surface area (Å²) < 4.78 is 16.5. The van der Waals surface area contributed by atoms with Crippen molar-refractivity contribution >= 4 is 17.9 Å². The van der Waals surface area contributed by atoms with Gasteiger partial charge >= 0.3 is 17.9 Å². The number of esters is 3. The predicted octanol–water partition coefficient (Wildman–Crippen LogP) is 11.9. The van der Waals surface area contributed by atoms with E-state index < -0.39 is 6.10 Å². The van der Waals surface area contributed by atoms with Gasteiger partial charge in [0.1, 0.15) is 13.2 Å². The van der Waals surface area contributed by atoms with Gasteiger partial charge in [-0.3, -0.25) is 14.4 Å². The number of hydrogen-bond donors (Lipinski definition) is 0. The van der Waals surface area contributed by atoms with Crippen molar-refractivity contribution in [3.05, 3.63) is 12.2 Å². The molecule has 1 unspecified atom stereocenters. The second kappa shape index (κ2) is 36.0. The standard InChI is InChI=1S/C40H74O6/c1-4-7-10-13-16-19-22-24-27-30-33-39(42)45-36-37(46-40(43)34-31-28-25-21-18-15-12-9-6-3)35-44-38(41)32-29-26-23-20-17-14-11-8-5-2/h13,16,37H,4-12,14-15,17-36H2,1-3H3/b16-13-. The molecule has 0 saturated heterocycles. The zero-order valence-corrected chi connectivity index (χ0v) is 30.6. The second-order valence-corrected chi connectivity index (χ2v) is 13.2. The molecule has 0 aliphatic rings. The van der Waals surface area contributed by atoms with Crippen LogP contribution >= 0.6 is 0 Å².